The molecule has 2 N–H and O–H groups in total. The van der Waals surface area contributed by atoms with E-state index < -0.39 is 23.7 Å². The first-order valence-corrected chi connectivity index (χ1v) is 30.4. The monoisotopic (exact) mass is 1020 g/mol. The van der Waals surface area contributed by atoms with Crippen molar-refractivity contribution >= 4 is 303 Å². The third kappa shape index (κ3) is 2.17. The summed E-state index contributed by atoms with van der Waals surface area (Å²) in [6, 6.07) is -0.966. The molecule has 4 aliphatic carbocycles. The smallest absolute Gasteiger partial charge is 0.408 e. The summed E-state index contributed by atoms with van der Waals surface area (Å²) in [5, 5.41) is 102. The van der Waals surface area contributed by atoms with E-state index in [4.69, 9.17) is 4.74 Å². The summed E-state index contributed by atoms with van der Waals surface area (Å²) < 4.78 is 5.47. The second-order valence-corrected chi connectivity index (χ2v) is 30.0. The van der Waals surface area contributed by atoms with Gasteiger partial charge in [0.05, 0.1) is 10.8 Å². The first kappa shape index (κ1) is 34.3. The van der Waals surface area contributed by atoms with Crippen LogP contribution in [-0.2, 0) is 20.4 Å². The Labute approximate surface area is 447 Å². The van der Waals surface area contributed by atoms with E-state index in [0.29, 0.717) is 6.42 Å². The summed E-state index contributed by atoms with van der Waals surface area (Å²) >= 11 is 0. The zero-order valence-electron chi connectivity index (χ0n) is 43.4. The number of nitrogens with one attached hydrogen (secondary N) is 1. The molecule has 1 amide bonds. The minimum absolute atomic E-state index is 0.250. The molecular formula is C75H28N2O4. The molecular weight excluding hydrogens is 993 g/mol. The van der Waals surface area contributed by atoms with Crippen molar-refractivity contribution in [3.8, 4) is 0 Å². The van der Waals surface area contributed by atoms with Gasteiger partial charge >= 0.3 is 12.1 Å². The van der Waals surface area contributed by atoms with Gasteiger partial charge in [0.15, 0.2) is 0 Å². The van der Waals surface area contributed by atoms with E-state index >= 15 is 0 Å². The van der Waals surface area contributed by atoms with Crippen LogP contribution in [0.3, 0.4) is 0 Å². The first-order valence-electron chi connectivity index (χ1n) is 30.4. The lowest BCUT2D eigenvalue weighted by atomic mass is 9.50. The summed E-state index contributed by atoms with van der Waals surface area (Å²) in [7, 11) is 0. The van der Waals surface area contributed by atoms with Gasteiger partial charge in [0.1, 0.15) is 11.6 Å². The van der Waals surface area contributed by atoms with E-state index in [0.717, 1.165) is 45.3 Å². The van der Waals surface area contributed by atoms with Gasteiger partial charge in [-0.25, -0.2) is 9.59 Å². The van der Waals surface area contributed by atoms with Crippen molar-refractivity contribution in [1.82, 2.24) is 10.2 Å². The Bertz CT molecular complexity index is 6990. The molecule has 81 heavy (non-hydrogen) atoms. The molecule has 1 heterocycles. The molecule has 0 radical (unpaired) electrons. The van der Waals surface area contributed by atoms with Crippen LogP contribution in [0.1, 0.15) is 75.1 Å². The number of carboxylic acids is 1. The molecule has 6 nitrogen and oxygen atoms in total. The summed E-state index contributed by atoms with van der Waals surface area (Å²) in [6.45, 7) is 8.50. The van der Waals surface area contributed by atoms with Crippen molar-refractivity contribution in [2.45, 2.75) is 75.3 Å². The lowest BCUT2D eigenvalue weighted by Crippen LogP contribution is -2.51. The molecule has 28 aromatic carbocycles. The zero-order chi connectivity index (χ0) is 50.4. The van der Waals surface area contributed by atoms with Crippen molar-refractivity contribution in [3.63, 3.8) is 0 Å². The Kier molecular flexibility index (Phi) is 3.53. The molecule has 0 unspecified atom stereocenters. The van der Waals surface area contributed by atoms with Crippen LogP contribution >= 0.6 is 0 Å². The van der Waals surface area contributed by atoms with E-state index in [-0.39, 0.29) is 10.8 Å². The average molecular weight is 1020 g/mol. The fourth-order valence-corrected chi connectivity index (χ4v) is 26.8. The molecule has 0 bridgehead atoms. The molecule has 1 atom stereocenters. The van der Waals surface area contributed by atoms with Crippen molar-refractivity contribution in [1.29, 1.82) is 0 Å². The maximum Gasteiger partial charge on any atom is 0.408 e. The molecule has 5 aliphatic rings. The van der Waals surface area contributed by atoms with E-state index in [1.165, 1.54) is 0 Å². The fourth-order valence-electron chi connectivity index (χ4n) is 26.8. The molecule has 1 aliphatic heterocycles. The molecule has 28 aromatic rings. The number of rotatable bonds is 9. The van der Waals surface area contributed by atoms with Crippen LogP contribution in [0.2, 0.25) is 0 Å². The zero-order valence-corrected chi connectivity index (χ0v) is 43.4. The lowest BCUT2D eigenvalue weighted by Gasteiger charge is -2.49. The van der Waals surface area contributed by atoms with Gasteiger partial charge in [0.2, 0.25) is 0 Å². The third-order valence-corrected chi connectivity index (χ3v) is 27.3. The highest BCUT2D eigenvalue weighted by atomic mass is 16.6. The Morgan fingerprint density at radius 1 is 0.370 bits per heavy atom. The lowest BCUT2D eigenvalue weighted by molar-refractivity contribution is -0.139. The largest absolute Gasteiger partial charge is 0.480 e. The Balaban J connectivity index is 0.819. The predicted molar refractivity (Wildman–Crippen MR) is 334 cm³/mol. The Morgan fingerprint density at radius 2 is 0.580 bits per heavy atom. The number of hydrogen-bond acceptors (Lipinski definition) is 4. The second-order valence-electron chi connectivity index (χ2n) is 30.0. The number of carbonyl (C=O) groups excluding carboxylic acids is 1. The minimum Gasteiger partial charge on any atom is -0.480 e. The van der Waals surface area contributed by atoms with Crippen LogP contribution < -0.4 is 5.32 Å². The number of carbonyl (C=O) groups is 2. The molecule has 1 fully saturated rings. The van der Waals surface area contributed by atoms with Gasteiger partial charge in [-0.15, -0.1) is 0 Å². The van der Waals surface area contributed by atoms with E-state index in [1.807, 2.05) is 20.8 Å². The number of likely N-dealkylation sites (tertiary alicyclic amines) is 1. The molecule has 6 heteroatoms. The molecule has 1 saturated heterocycles. The molecule has 2 spiro atoms. The summed E-state index contributed by atoms with van der Waals surface area (Å²) in [5.74, 6) is -1.00. The number of alkyl carbamates (subject to hydrolysis) is 1. The maximum atomic E-state index is 12.7. The Hall–Kier alpha value is -8.84. The van der Waals surface area contributed by atoms with Crippen LogP contribution in [-0.4, -0.2) is 53.3 Å². The minimum atomic E-state index is -1.00. The standard InChI is InChI=1S/C75H28N2O4/c1-73(2,3)81-72(80)76-12(71(78)79)8-6-4-5-7-9-77-10-74-67-59-51-41-31-23-15-13-14-17-21-19(15)27-35-29(21)39-33-25(17)26-18(14)22-20-16(13)24(23)32-38-28(20)36-30(22)40-34(26)44-43(33)53-47(39)57-49(35)55(45(51)37(27)31)63(67)65(57)69-61(53)62-54(44)48(40)58-50(36)56-46(38)52(42(32)41)60(59)68(74)64(56)66(58)70(62)75(69,74)11-77/h12H,4-11H2,1-3H3,(H,76,80)(H,78,79)/t12-,74?,75?/m0/s1. The summed E-state index contributed by atoms with van der Waals surface area (Å²) in [4.78, 5) is 28.1. The van der Waals surface area contributed by atoms with Gasteiger partial charge in [0.25, 0.3) is 0 Å². The van der Waals surface area contributed by atoms with Gasteiger partial charge in [-0.1, -0.05) is 19.3 Å². The van der Waals surface area contributed by atoms with Crippen molar-refractivity contribution < 1.29 is 19.4 Å². The SMILES string of the molecule is CC(C)(C)OC(=O)N[C@@H](CCCCCCN1CC23c4c5c6c7c8c9c(c%10c%11c2c2c4c4c%12c5c5c6c6c8c8c%13c9c9c%10c%10c%11c%11c2c2c4c4c%12c%12c5c5c6c8c6c8c%13c9c9c%10c%10c%11c2c2c4c4c%12c5c6c5c8c9c%10c2c45)C73C1)C(=O)O. The van der Waals surface area contributed by atoms with E-state index in [1.54, 1.807) is 313 Å². The second kappa shape index (κ2) is 8.32. The number of nitrogens with zero attached hydrogens (tertiary/aromatic N) is 1. The number of aliphatic carboxylic acids is 1. The van der Waals surface area contributed by atoms with Crippen molar-refractivity contribution in [2.24, 2.45) is 0 Å². The summed E-state index contributed by atoms with van der Waals surface area (Å²) in [6.07, 6.45) is 3.47. The number of benzene rings is 18. The topological polar surface area (TPSA) is 78.9 Å². The highest BCUT2D eigenvalue weighted by Crippen LogP contribution is 2.85. The predicted octanol–water partition coefficient (Wildman–Crippen LogP) is 18.5. The van der Waals surface area contributed by atoms with Crippen LogP contribution in [0.15, 0.2) is 0 Å². The first-order chi connectivity index (χ1) is 39.7. The van der Waals surface area contributed by atoms with E-state index in [9.17, 15) is 14.7 Å². The number of unbranched alkanes of at least 4 members (excludes halogenated alkanes) is 3. The number of carboxylic acid groups (broad SMARTS) is 1. The number of amides is 1. The third-order valence-electron chi connectivity index (χ3n) is 27.3. The van der Waals surface area contributed by atoms with Crippen molar-refractivity contribution in [2.75, 3.05) is 19.6 Å². The average Bonchev–Trinajstić information content (AvgIpc) is 1.45. The highest BCUT2D eigenvalue weighted by molar-refractivity contribution is 6.82. The maximum absolute atomic E-state index is 12.7. The van der Waals surface area contributed by atoms with Crippen LogP contribution in [0.5, 0.6) is 0 Å². The molecule has 0 saturated carbocycles. The van der Waals surface area contributed by atoms with Crippen molar-refractivity contribution in [3.05, 3.63) is 22.3 Å². The normalized spacial score (nSPS) is 21.9. The van der Waals surface area contributed by atoms with Gasteiger partial charge in [-0.05, 0) is 353 Å². The highest BCUT2D eigenvalue weighted by Gasteiger charge is 2.72. The molecule has 33 rings (SSSR count). The van der Waals surface area contributed by atoms with E-state index in [2.05, 4.69) is 10.2 Å². The number of hydrogen-bond donors (Lipinski definition) is 2. The van der Waals surface area contributed by atoms with Gasteiger partial charge in [-0.2, -0.15) is 0 Å². The summed E-state index contributed by atoms with van der Waals surface area (Å²) in [5.41, 5.74) is 5.80. The molecule has 362 valence electrons. The van der Waals surface area contributed by atoms with Crippen LogP contribution in [0, 0.1) is 0 Å². The quantitative estimate of drug-likeness (QED) is 0.111. The van der Waals surface area contributed by atoms with Gasteiger partial charge in [0, 0.05) is 13.1 Å². The molecule has 0 aromatic heterocycles. The number of ether oxygens (including phenoxy) is 1. The fraction of sp³-hybridized carbons (Fsp3) is 0.200. The van der Waals surface area contributed by atoms with Crippen LogP contribution in [0.25, 0.3) is 291 Å². The van der Waals surface area contributed by atoms with Gasteiger partial charge in [-0.3, -0.25) is 0 Å². The Morgan fingerprint density at radius 3 is 0.790 bits per heavy atom. The van der Waals surface area contributed by atoms with Gasteiger partial charge < -0.3 is 20.1 Å². The van der Waals surface area contributed by atoms with Crippen LogP contribution in [0.4, 0.5) is 4.79 Å².